The van der Waals surface area contributed by atoms with Crippen molar-refractivity contribution in [3.05, 3.63) is 31.8 Å². The van der Waals surface area contributed by atoms with Crippen molar-refractivity contribution in [2.75, 3.05) is 26.2 Å². The van der Waals surface area contributed by atoms with E-state index in [1.807, 2.05) is 23.1 Å². The first kappa shape index (κ1) is 15.3. The van der Waals surface area contributed by atoms with Gasteiger partial charge >= 0.3 is 0 Å². The van der Waals surface area contributed by atoms with Crippen molar-refractivity contribution in [2.45, 2.75) is 19.9 Å². The van der Waals surface area contributed by atoms with E-state index >= 15 is 0 Å². The molecular formula is C14H18BrIN2O. The van der Waals surface area contributed by atoms with Gasteiger partial charge in [0.05, 0.1) is 5.56 Å². The lowest BCUT2D eigenvalue weighted by atomic mass is 10.1. The van der Waals surface area contributed by atoms with Gasteiger partial charge in [-0.15, -0.1) is 0 Å². The normalized spacial score (nSPS) is 20.6. The molecule has 19 heavy (non-hydrogen) atoms. The van der Waals surface area contributed by atoms with Crippen LogP contribution in [0.5, 0.6) is 0 Å². The maximum atomic E-state index is 12.6. The van der Waals surface area contributed by atoms with Gasteiger partial charge < -0.3 is 4.90 Å². The van der Waals surface area contributed by atoms with E-state index in [4.69, 9.17) is 0 Å². The van der Waals surface area contributed by atoms with Crippen molar-refractivity contribution >= 4 is 44.4 Å². The largest absolute Gasteiger partial charge is 0.336 e. The molecule has 0 aliphatic carbocycles. The van der Waals surface area contributed by atoms with Gasteiger partial charge in [0.2, 0.25) is 0 Å². The number of nitrogens with zero attached hydrogens (tertiary/aromatic N) is 2. The third-order valence-electron chi connectivity index (χ3n) is 3.62. The van der Waals surface area contributed by atoms with E-state index in [1.54, 1.807) is 0 Å². The maximum Gasteiger partial charge on any atom is 0.255 e. The van der Waals surface area contributed by atoms with Crippen LogP contribution < -0.4 is 0 Å². The van der Waals surface area contributed by atoms with Crippen molar-refractivity contribution in [1.29, 1.82) is 0 Å². The molecule has 5 heteroatoms. The number of hydrogen-bond donors (Lipinski definition) is 0. The summed E-state index contributed by atoms with van der Waals surface area (Å²) in [5.74, 6) is 0.147. The molecule has 1 aromatic rings. The molecule has 1 amide bonds. The van der Waals surface area contributed by atoms with Crippen LogP contribution in [0.25, 0.3) is 0 Å². The topological polar surface area (TPSA) is 23.6 Å². The molecule has 1 fully saturated rings. The quantitative estimate of drug-likeness (QED) is 0.664. The highest BCUT2D eigenvalue weighted by molar-refractivity contribution is 14.1. The zero-order chi connectivity index (χ0) is 14.0. The number of carbonyl (C=O) groups is 1. The monoisotopic (exact) mass is 436 g/mol. The summed E-state index contributed by atoms with van der Waals surface area (Å²) in [6, 6.07) is 6.30. The summed E-state index contributed by atoms with van der Waals surface area (Å²) in [5.41, 5.74) is 0.798. The first-order valence-electron chi connectivity index (χ1n) is 6.51. The van der Waals surface area contributed by atoms with Gasteiger partial charge in [0.15, 0.2) is 0 Å². The SMILES string of the molecule is CCN1CCN(C(=O)c2cc(Br)ccc2I)CC1C. The number of benzene rings is 1. The molecule has 0 radical (unpaired) electrons. The average molecular weight is 437 g/mol. The molecule has 1 atom stereocenters. The molecule has 0 saturated carbocycles. The second-order valence-corrected chi connectivity index (χ2v) is 6.93. The Bertz CT molecular complexity index is 481. The molecule has 1 aliphatic rings. The molecule has 0 N–H and O–H groups in total. The van der Waals surface area contributed by atoms with Crippen molar-refractivity contribution < 1.29 is 4.79 Å². The van der Waals surface area contributed by atoms with Crippen molar-refractivity contribution in [3.63, 3.8) is 0 Å². The minimum atomic E-state index is 0.147. The first-order chi connectivity index (χ1) is 9.02. The number of hydrogen-bond acceptors (Lipinski definition) is 2. The highest BCUT2D eigenvalue weighted by atomic mass is 127. The predicted molar refractivity (Wildman–Crippen MR) is 89.5 cm³/mol. The van der Waals surface area contributed by atoms with Gasteiger partial charge in [0.25, 0.3) is 5.91 Å². The van der Waals surface area contributed by atoms with Crippen LogP contribution in [-0.4, -0.2) is 47.9 Å². The van der Waals surface area contributed by atoms with Gasteiger partial charge in [-0.25, -0.2) is 0 Å². The molecule has 0 aromatic heterocycles. The minimum absolute atomic E-state index is 0.147. The van der Waals surface area contributed by atoms with Crippen LogP contribution >= 0.6 is 38.5 Å². The fourth-order valence-corrected chi connectivity index (χ4v) is 3.41. The Morgan fingerprint density at radius 3 is 2.84 bits per heavy atom. The zero-order valence-corrected chi connectivity index (χ0v) is 14.9. The summed E-state index contributed by atoms with van der Waals surface area (Å²) >= 11 is 5.67. The lowest BCUT2D eigenvalue weighted by Crippen LogP contribution is -2.53. The summed E-state index contributed by atoms with van der Waals surface area (Å²) in [7, 11) is 0. The van der Waals surface area contributed by atoms with Gasteiger partial charge in [-0.05, 0) is 54.3 Å². The van der Waals surface area contributed by atoms with Crippen LogP contribution in [0.2, 0.25) is 0 Å². The number of rotatable bonds is 2. The Morgan fingerprint density at radius 2 is 2.21 bits per heavy atom. The average Bonchev–Trinajstić information content (AvgIpc) is 2.40. The van der Waals surface area contributed by atoms with E-state index in [9.17, 15) is 4.79 Å². The Balaban J connectivity index is 2.14. The van der Waals surface area contributed by atoms with E-state index in [0.717, 1.165) is 39.8 Å². The molecule has 1 aromatic carbocycles. The zero-order valence-electron chi connectivity index (χ0n) is 11.2. The minimum Gasteiger partial charge on any atom is -0.336 e. The molecule has 2 rings (SSSR count). The van der Waals surface area contributed by atoms with E-state index in [2.05, 4.69) is 57.3 Å². The van der Waals surface area contributed by atoms with Crippen molar-refractivity contribution in [1.82, 2.24) is 9.80 Å². The van der Waals surface area contributed by atoms with Gasteiger partial charge in [0.1, 0.15) is 0 Å². The van der Waals surface area contributed by atoms with Gasteiger partial charge in [-0.3, -0.25) is 9.69 Å². The van der Waals surface area contributed by atoms with Crippen LogP contribution in [0.15, 0.2) is 22.7 Å². The first-order valence-corrected chi connectivity index (χ1v) is 8.38. The fraction of sp³-hybridized carbons (Fsp3) is 0.500. The van der Waals surface area contributed by atoms with Gasteiger partial charge in [-0.2, -0.15) is 0 Å². The smallest absolute Gasteiger partial charge is 0.255 e. The van der Waals surface area contributed by atoms with Gasteiger partial charge in [-0.1, -0.05) is 22.9 Å². The fourth-order valence-electron chi connectivity index (χ4n) is 2.48. The second kappa shape index (κ2) is 6.54. The van der Waals surface area contributed by atoms with E-state index in [1.165, 1.54) is 0 Å². The number of likely N-dealkylation sites (N-methyl/N-ethyl adjacent to an activating group) is 1. The maximum absolute atomic E-state index is 12.6. The molecule has 1 aliphatic heterocycles. The number of piperazine rings is 1. The Morgan fingerprint density at radius 1 is 1.47 bits per heavy atom. The number of carbonyl (C=O) groups excluding carboxylic acids is 1. The summed E-state index contributed by atoms with van der Waals surface area (Å²) in [4.78, 5) is 17.0. The van der Waals surface area contributed by atoms with Crippen molar-refractivity contribution in [3.8, 4) is 0 Å². The van der Waals surface area contributed by atoms with Gasteiger partial charge in [0, 0.05) is 33.7 Å². The highest BCUT2D eigenvalue weighted by Gasteiger charge is 2.27. The van der Waals surface area contributed by atoms with Crippen LogP contribution in [0, 0.1) is 3.57 Å². The molecule has 1 saturated heterocycles. The third kappa shape index (κ3) is 3.49. The van der Waals surface area contributed by atoms with Crippen molar-refractivity contribution in [2.24, 2.45) is 0 Å². The number of halogens is 2. The predicted octanol–water partition coefficient (Wildman–Crippen LogP) is 3.22. The Labute approximate surface area is 136 Å². The second-order valence-electron chi connectivity index (χ2n) is 4.85. The summed E-state index contributed by atoms with van der Waals surface area (Å²) in [5, 5.41) is 0. The molecule has 1 heterocycles. The lowest BCUT2D eigenvalue weighted by molar-refractivity contribution is 0.0527. The van der Waals surface area contributed by atoms with Crippen LogP contribution in [0.4, 0.5) is 0 Å². The summed E-state index contributed by atoms with van der Waals surface area (Å²) < 4.78 is 1.97. The summed E-state index contributed by atoms with van der Waals surface area (Å²) in [6.07, 6.45) is 0. The van der Waals surface area contributed by atoms with Crippen LogP contribution in [0.1, 0.15) is 24.2 Å². The van der Waals surface area contributed by atoms with E-state index in [0.29, 0.717) is 6.04 Å². The Hall–Kier alpha value is -0.140. The molecule has 3 nitrogen and oxygen atoms in total. The molecule has 104 valence electrons. The molecule has 1 unspecified atom stereocenters. The van der Waals surface area contributed by atoms with Crippen LogP contribution in [-0.2, 0) is 0 Å². The third-order valence-corrected chi connectivity index (χ3v) is 5.05. The number of amides is 1. The van der Waals surface area contributed by atoms with E-state index in [-0.39, 0.29) is 5.91 Å². The highest BCUT2D eigenvalue weighted by Crippen LogP contribution is 2.21. The standard InChI is InChI=1S/C14H18BrIN2O/c1-3-17-6-7-18(9-10(17)2)14(19)12-8-11(15)4-5-13(12)16/h4-5,8,10H,3,6-7,9H2,1-2H3. The Kier molecular flexibility index (Phi) is 5.25. The molecule has 0 spiro atoms. The van der Waals surface area contributed by atoms with E-state index < -0.39 is 0 Å². The summed E-state index contributed by atoms with van der Waals surface area (Å²) in [6.45, 7) is 8.01. The molecule has 0 bridgehead atoms. The van der Waals surface area contributed by atoms with Crippen LogP contribution in [0.3, 0.4) is 0 Å². The lowest BCUT2D eigenvalue weighted by Gasteiger charge is -2.39. The molecular weight excluding hydrogens is 419 g/mol.